The average molecular weight is 355 g/mol. The molecule has 1 aliphatic heterocycles. The third kappa shape index (κ3) is 3.43. The fraction of sp³-hybridized carbons (Fsp3) is 0.375. The summed E-state index contributed by atoms with van der Waals surface area (Å²) in [5.41, 5.74) is 0.269. The number of hydrogen-bond donors (Lipinski definition) is 1. The van der Waals surface area contributed by atoms with Crippen molar-refractivity contribution in [1.29, 1.82) is 0 Å². The van der Waals surface area contributed by atoms with Gasteiger partial charge >= 0.3 is 0 Å². The third-order valence-corrected chi connectivity index (χ3v) is 3.98. The van der Waals surface area contributed by atoms with E-state index in [0.29, 0.717) is 19.8 Å². The smallest absolute Gasteiger partial charge is 0.257 e. The summed E-state index contributed by atoms with van der Waals surface area (Å²) in [4.78, 5) is 12.5. The Balaban J connectivity index is 1.83. The Morgan fingerprint density at radius 2 is 2.29 bits per heavy atom. The lowest BCUT2D eigenvalue weighted by Crippen LogP contribution is -2.39. The summed E-state index contributed by atoms with van der Waals surface area (Å²) in [5, 5.41) is 6.70. The highest BCUT2D eigenvalue weighted by molar-refractivity contribution is 6.33. The number of carbonyl (C=O) groups excluding carboxylic acids is 1. The zero-order chi connectivity index (χ0) is 17.1. The number of carbonyl (C=O) groups is 1. The molecule has 0 radical (unpaired) electrons. The van der Waals surface area contributed by atoms with Crippen molar-refractivity contribution in [1.82, 2.24) is 10.5 Å². The first-order valence-corrected chi connectivity index (χ1v) is 7.84. The standard InChI is InChI=1S/C16H16ClFN2O4/c1-9-13(16(21)19-7-10-8-22-5-6-23-10)15(20-24-9)14-11(17)3-2-4-12(14)18/h2-4,10H,5-8H2,1H3,(H,19,21). The first-order chi connectivity index (χ1) is 11.6. The Hall–Kier alpha value is -1.96. The molecular weight excluding hydrogens is 339 g/mol. The highest BCUT2D eigenvalue weighted by atomic mass is 35.5. The van der Waals surface area contributed by atoms with E-state index < -0.39 is 11.7 Å². The highest BCUT2D eigenvalue weighted by Gasteiger charge is 2.26. The first-order valence-electron chi connectivity index (χ1n) is 7.46. The van der Waals surface area contributed by atoms with E-state index in [2.05, 4.69) is 10.5 Å². The Morgan fingerprint density at radius 1 is 1.46 bits per heavy atom. The van der Waals surface area contributed by atoms with Crippen LogP contribution in [0, 0.1) is 12.7 Å². The Bertz CT molecular complexity index is 723. The first kappa shape index (κ1) is 16.9. The van der Waals surface area contributed by atoms with Crippen LogP contribution in [0.2, 0.25) is 5.02 Å². The molecule has 1 aromatic carbocycles. The second kappa shape index (κ2) is 7.29. The lowest BCUT2D eigenvalue weighted by molar-refractivity contribution is -0.0855. The highest BCUT2D eigenvalue weighted by Crippen LogP contribution is 2.33. The molecule has 1 fully saturated rings. The number of nitrogens with one attached hydrogen (secondary N) is 1. The van der Waals surface area contributed by atoms with Crippen molar-refractivity contribution in [2.45, 2.75) is 13.0 Å². The molecule has 2 heterocycles. The predicted octanol–water partition coefficient (Wildman–Crippen LogP) is 2.59. The fourth-order valence-electron chi connectivity index (χ4n) is 2.48. The van der Waals surface area contributed by atoms with Gasteiger partial charge < -0.3 is 19.3 Å². The van der Waals surface area contributed by atoms with E-state index in [-0.39, 0.29) is 40.3 Å². The number of aromatic nitrogens is 1. The van der Waals surface area contributed by atoms with Gasteiger partial charge in [0.05, 0.1) is 36.5 Å². The lowest BCUT2D eigenvalue weighted by atomic mass is 10.0. The van der Waals surface area contributed by atoms with E-state index in [1.807, 2.05) is 0 Å². The van der Waals surface area contributed by atoms with Crippen LogP contribution in [-0.2, 0) is 9.47 Å². The quantitative estimate of drug-likeness (QED) is 0.913. The molecule has 8 heteroatoms. The minimum Gasteiger partial charge on any atom is -0.376 e. The van der Waals surface area contributed by atoms with E-state index in [1.54, 1.807) is 6.92 Å². The van der Waals surface area contributed by atoms with Crippen LogP contribution in [-0.4, -0.2) is 43.5 Å². The molecule has 1 atom stereocenters. The fourth-order valence-corrected chi connectivity index (χ4v) is 2.74. The summed E-state index contributed by atoms with van der Waals surface area (Å²) in [5.74, 6) is -0.728. The van der Waals surface area contributed by atoms with Gasteiger partial charge in [0.15, 0.2) is 0 Å². The molecule has 6 nitrogen and oxygen atoms in total. The van der Waals surface area contributed by atoms with Crippen molar-refractivity contribution in [3.8, 4) is 11.3 Å². The van der Waals surface area contributed by atoms with Crippen LogP contribution in [0.4, 0.5) is 4.39 Å². The average Bonchev–Trinajstić information content (AvgIpc) is 2.95. The topological polar surface area (TPSA) is 73.6 Å². The number of ether oxygens (including phenoxy) is 2. The van der Waals surface area contributed by atoms with Gasteiger partial charge in [-0.2, -0.15) is 0 Å². The van der Waals surface area contributed by atoms with Gasteiger partial charge in [0.25, 0.3) is 5.91 Å². The molecule has 1 unspecified atom stereocenters. The molecule has 24 heavy (non-hydrogen) atoms. The molecular formula is C16H16ClFN2O4. The van der Waals surface area contributed by atoms with Crippen molar-refractivity contribution >= 4 is 17.5 Å². The molecule has 128 valence electrons. The van der Waals surface area contributed by atoms with E-state index >= 15 is 0 Å². The van der Waals surface area contributed by atoms with Crippen molar-refractivity contribution in [3.63, 3.8) is 0 Å². The SMILES string of the molecule is Cc1onc(-c2c(F)cccc2Cl)c1C(=O)NCC1COCCO1. The Kier molecular flexibility index (Phi) is 5.13. The maximum Gasteiger partial charge on any atom is 0.257 e. The van der Waals surface area contributed by atoms with Crippen molar-refractivity contribution < 1.29 is 23.2 Å². The number of hydrogen-bond acceptors (Lipinski definition) is 5. The summed E-state index contributed by atoms with van der Waals surface area (Å²) in [6.07, 6.45) is -0.219. The van der Waals surface area contributed by atoms with Gasteiger partial charge in [-0.25, -0.2) is 4.39 Å². The van der Waals surface area contributed by atoms with Crippen molar-refractivity contribution in [2.75, 3.05) is 26.4 Å². The van der Waals surface area contributed by atoms with Gasteiger partial charge in [-0.05, 0) is 19.1 Å². The van der Waals surface area contributed by atoms with Gasteiger partial charge in [0, 0.05) is 6.54 Å². The Morgan fingerprint density at radius 3 is 3.00 bits per heavy atom. The molecule has 1 amide bonds. The zero-order valence-electron chi connectivity index (χ0n) is 13.0. The van der Waals surface area contributed by atoms with Gasteiger partial charge in [0.1, 0.15) is 22.8 Å². The number of benzene rings is 1. The normalized spacial score (nSPS) is 17.7. The molecule has 0 saturated carbocycles. The summed E-state index contributed by atoms with van der Waals surface area (Å²) in [6.45, 7) is 3.30. The number of halogens is 2. The molecule has 0 bridgehead atoms. The summed E-state index contributed by atoms with van der Waals surface area (Å²) >= 11 is 6.06. The summed E-state index contributed by atoms with van der Waals surface area (Å²) in [7, 11) is 0. The van der Waals surface area contributed by atoms with Gasteiger partial charge in [-0.3, -0.25) is 4.79 Å². The molecule has 0 spiro atoms. The van der Waals surface area contributed by atoms with Gasteiger partial charge in [-0.15, -0.1) is 0 Å². The molecule has 1 N–H and O–H groups in total. The second-order valence-electron chi connectivity index (χ2n) is 5.34. The van der Waals surface area contributed by atoms with Crippen LogP contribution in [0.15, 0.2) is 22.7 Å². The number of amides is 1. The van der Waals surface area contributed by atoms with Crippen LogP contribution >= 0.6 is 11.6 Å². The summed E-state index contributed by atoms with van der Waals surface area (Å²) < 4.78 is 30.0. The van der Waals surface area contributed by atoms with Crippen LogP contribution in [0.5, 0.6) is 0 Å². The molecule has 1 aromatic heterocycles. The maximum absolute atomic E-state index is 14.1. The minimum atomic E-state index is -0.575. The van der Waals surface area contributed by atoms with Gasteiger partial charge in [-0.1, -0.05) is 22.8 Å². The third-order valence-electron chi connectivity index (χ3n) is 3.66. The van der Waals surface area contributed by atoms with Crippen LogP contribution in [0.1, 0.15) is 16.1 Å². The van der Waals surface area contributed by atoms with Crippen molar-refractivity contribution in [3.05, 3.63) is 40.4 Å². The molecule has 0 aliphatic carbocycles. The number of aryl methyl sites for hydroxylation is 1. The lowest BCUT2D eigenvalue weighted by Gasteiger charge is -2.23. The predicted molar refractivity (Wildman–Crippen MR) is 84.5 cm³/mol. The number of nitrogens with zero attached hydrogens (tertiary/aromatic N) is 1. The largest absolute Gasteiger partial charge is 0.376 e. The molecule has 3 rings (SSSR count). The molecule has 2 aromatic rings. The van der Waals surface area contributed by atoms with Crippen LogP contribution in [0.3, 0.4) is 0 Å². The second-order valence-corrected chi connectivity index (χ2v) is 5.74. The molecule has 1 aliphatic rings. The summed E-state index contributed by atoms with van der Waals surface area (Å²) in [6, 6.07) is 4.26. The van der Waals surface area contributed by atoms with E-state index in [1.165, 1.54) is 18.2 Å². The van der Waals surface area contributed by atoms with E-state index in [4.69, 9.17) is 25.6 Å². The van der Waals surface area contributed by atoms with Crippen LogP contribution in [0.25, 0.3) is 11.3 Å². The maximum atomic E-state index is 14.1. The monoisotopic (exact) mass is 354 g/mol. The van der Waals surface area contributed by atoms with E-state index in [0.717, 1.165) is 0 Å². The molecule has 1 saturated heterocycles. The minimum absolute atomic E-state index is 0.0402. The Labute approximate surface area is 142 Å². The van der Waals surface area contributed by atoms with Crippen LogP contribution < -0.4 is 5.32 Å². The van der Waals surface area contributed by atoms with Crippen molar-refractivity contribution in [2.24, 2.45) is 0 Å². The number of rotatable bonds is 4. The van der Waals surface area contributed by atoms with E-state index in [9.17, 15) is 9.18 Å². The van der Waals surface area contributed by atoms with Gasteiger partial charge in [0.2, 0.25) is 0 Å². The zero-order valence-corrected chi connectivity index (χ0v) is 13.7.